The molecule has 0 aromatic heterocycles. The van der Waals surface area contributed by atoms with Crippen molar-refractivity contribution in [1.82, 2.24) is 10.2 Å². The van der Waals surface area contributed by atoms with Crippen molar-refractivity contribution < 1.29 is 18.0 Å². The van der Waals surface area contributed by atoms with Gasteiger partial charge in [0.2, 0.25) is 21.8 Å². The fourth-order valence-electron chi connectivity index (χ4n) is 3.30. The van der Waals surface area contributed by atoms with Crippen LogP contribution < -0.4 is 9.62 Å². The highest BCUT2D eigenvalue weighted by Crippen LogP contribution is 2.31. The minimum Gasteiger partial charge on any atom is -0.357 e. The molecule has 2 rings (SSSR count). The van der Waals surface area contributed by atoms with Crippen LogP contribution in [0.2, 0.25) is 20.1 Å². The van der Waals surface area contributed by atoms with E-state index in [0.29, 0.717) is 20.6 Å². The number of likely N-dealkylation sites (N-methyl/N-ethyl adjacent to an activating group) is 1. The highest BCUT2D eigenvalue weighted by molar-refractivity contribution is 7.92. The molecule has 2 aromatic rings. The molecule has 1 atom stereocenters. The van der Waals surface area contributed by atoms with Crippen LogP contribution in [0.5, 0.6) is 0 Å². The third-order valence-electron chi connectivity index (χ3n) is 5.13. The zero-order valence-electron chi connectivity index (χ0n) is 18.8. The molecule has 0 aliphatic carbocycles. The summed E-state index contributed by atoms with van der Waals surface area (Å²) in [5, 5.41) is 3.80. The van der Waals surface area contributed by atoms with Gasteiger partial charge in [-0.15, -0.1) is 0 Å². The van der Waals surface area contributed by atoms with Gasteiger partial charge in [-0.1, -0.05) is 52.5 Å². The molecule has 0 saturated carbocycles. The second kappa shape index (κ2) is 12.3. The van der Waals surface area contributed by atoms with Gasteiger partial charge in [-0.2, -0.15) is 0 Å². The van der Waals surface area contributed by atoms with Crippen LogP contribution in [-0.2, 0) is 26.2 Å². The van der Waals surface area contributed by atoms with E-state index in [-0.39, 0.29) is 48.5 Å². The Balaban J connectivity index is 2.23. The van der Waals surface area contributed by atoms with E-state index in [1.54, 1.807) is 31.2 Å². The highest BCUT2D eigenvalue weighted by Gasteiger charge is 2.27. The maximum atomic E-state index is 13.2. The number of anilines is 1. The topological polar surface area (TPSA) is 86.8 Å². The Morgan fingerprint density at radius 3 is 2.21 bits per heavy atom. The van der Waals surface area contributed by atoms with Gasteiger partial charge in [0.05, 0.1) is 17.0 Å². The number of carbonyl (C=O) groups is 2. The molecule has 2 aromatic carbocycles. The number of carbonyl (C=O) groups excluding carboxylic acids is 2. The van der Waals surface area contributed by atoms with Crippen molar-refractivity contribution >= 4 is 73.9 Å². The van der Waals surface area contributed by atoms with Gasteiger partial charge in [0.15, 0.2) is 0 Å². The number of nitrogens with zero attached hydrogens (tertiary/aromatic N) is 2. The number of hydrogen-bond donors (Lipinski definition) is 1. The molecule has 0 saturated heterocycles. The number of sulfonamides is 1. The molecule has 0 radical (unpaired) electrons. The largest absolute Gasteiger partial charge is 0.357 e. The zero-order chi connectivity index (χ0) is 25.6. The van der Waals surface area contributed by atoms with E-state index in [2.05, 4.69) is 5.32 Å². The van der Waals surface area contributed by atoms with E-state index < -0.39 is 16.1 Å². The Morgan fingerprint density at radius 1 is 1.03 bits per heavy atom. The number of halogens is 4. The van der Waals surface area contributed by atoms with Crippen LogP contribution in [0.25, 0.3) is 0 Å². The zero-order valence-corrected chi connectivity index (χ0v) is 22.7. The van der Waals surface area contributed by atoms with Crippen LogP contribution in [0.3, 0.4) is 0 Å². The molecule has 0 aliphatic heterocycles. The van der Waals surface area contributed by atoms with Crippen molar-refractivity contribution in [2.75, 3.05) is 24.2 Å². The molecule has 0 fully saturated rings. The van der Waals surface area contributed by atoms with Crippen LogP contribution in [0.1, 0.15) is 25.3 Å². The van der Waals surface area contributed by atoms with Crippen molar-refractivity contribution in [3.63, 3.8) is 0 Å². The highest BCUT2D eigenvalue weighted by atomic mass is 35.5. The van der Waals surface area contributed by atoms with Crippen LogP contribution in [-0.4, -0.2) is 51.0 Å². The summed E-state index contributed by atoms with van der Waals surface area (Å²) in [6.07, 6.45) is 1.18. The minimum absolute atomic E-state index is 0.0142. The van der Waals surface area contributed by atoms with Gasteiger partial charge in [-0.05, 0) is 43.7 Å². The molecular weight excluding hydrogens is 544 g/mol. The number of nitrogens with one attached hydrogen (secondary N) is 1. The van der Waals surface area contributed by atoms with E-state index in [4.69, 9.17) is 46.4 Å². The quantitative estimate of drug-likeness (QED) is 0.436. The van der Waals surface area contributed by atoms with Crippen molar-refractivity contribution in [1.29, 1.82) is 0 Å². The van der Waals surface area contributed by atoms with Crippen LogP contribution in [0.4, 0.5) is 5.69 Å². The molecule has 7 nitrogen and oxygen atoms in total. The standard InChI is InChI=1S/C22H25Cl4N3O4S/c1-14(22(31)27-2)28(13-16-17(24)6-4-7-18(16)25)21(30)8-5-11-29(34(3,32)33)20-12-15(23)9-10-19(20)26/h4,6-7,9-10,12,14H,5,8,11,13H2,1-3H3,(H,27,31). The molecule has 186 valence electrons. The average Bonchev–Trinajstić information content (AvgIpc) is 2.76. The first-order chi connectivity index (χ1) is 15.9. The SMILES string of the molecule is CNC(=O)C(C)N(Cc1c(Cl)cccc1Cl)C(=O)CCCN(c1cc(Cl)ccc1Cl)S(C)(=O)=O. The molecule has 0 bridgehead atoms. The van der Waals surface area contributed by atoms with E-state index in [1.165, 1.54) is 24.1 Å². The van der Waals surface area contributed by atoms with E-state index in [9.17, 15) is 18.0 Å². The first-order valence-corrected chi connectivity index (χ1v) is 13.6. The lowest BCUT2D eigenvalue weighted by atomic mass is 10.1. The van der Waals surface area contributed by atoms with Gasteiger partial charge in [-0.3, -0.25) is 13.9 Å². The summed E-state index contributed by atoms with van der Waals surface area (Å²) in [6, 6.07) is 8.68. The molecule has 2 amide bonds. The Bertz CT molecular complexity index is 1140. The lowest BCUT2D eigenvalue weighted by molar-refractivity contribution is -0.140. The van der Waals surface area contributed by atoms with Crippen LogP contribution >= 0.6 is 46.4 Å². The molecule has 34 heavy (non-hydrogen) atoms. The maximum Gasteiger partial charge on any atom is 0.242 e. The number of benzene rings is 2. The Labute approximate surface area is 220 Å². The number of amides is 2. The monoisotopic (exact) mass is 567 g/mol. The fraction of sp³-hybridized carbons (Fsp3) is 0.364. The second-order valence-corrected chi connectivity index (χ2v) is 11.1. The van der Waals surface area contributed by atoms with Crippen LogP contribution in [0, 0.1) is 0 Å². The number of hydrogen-bond acceptors (Lipinski definition) is 4. The molecule has 0 aliphatic rings. The van der Waals surface area contributed by atoms with Gasteiger partial charge >= 0.3 is 0 Å². The van der Waals surface area contributed by atoms with Gasteiger partial charge in [-0.25, -0.2) is 8.42 Å². The van der Waals surface area contributed by atoms with Gasteiger partial charge in [0.25, 0.3) is 0 Å². The van der Waals surface area contributed by atoms with Crippen LogP contribution in [0.15, 0.2) is 36.4 Å². The summed E-state index contributed by atoms with van der Waals surface area (Å²) in [5.74, 6) is -0.724. The molecule has 1 unspecified atom stereocenters. The third-order valence-corrected chi connectivity index (χ3v) is 7.58. The predicted octanol–water partition coefficient (Wildman–Crippen LogP) is 5.01. The predicted molar refractivity (Wildman–Crippen MR) is 138 cm³/mol. The van der Waals surface area contributed by atoms with E-state index in [0.717, 1.165) is 10.6 Å². The molecule has 1 N–H and O–H groups in total. The number of rotatable bonds is 10. The minimum atomic E-state index is -3.70. The van der Waals surface area contributed by atoms with Gasteiger partial charge < -0.3 is 10.2 Å². The van der Waals surface area contributed by atoms with Crippen molar-refractivity contribution in [2.24, 2.45) is 0 Å². The van der Waals surface area contributed by atoms with Gasteiger partial charge in [0.1, 0.15) is 6.04 Å². The summed E-state index contributed by atoms with van der Waals surface area (Å²) < 4.78 is 25.9. The maximum absolute atomic E-state index is 13.2. The lowest BCUT2D eigenvalue weighted by Crippen LogP contribution is -2.47. The summed E-state index contributed by atoms with van der Waals surface area (Å²) in [4.78, 5) is 26.8. The molecular formula is C22H25Cl4N3O4S. The Hall–Kier alpha value is -1.71. The lowest BCUT2D eigenvalue weighted by Gasteiger charge is -2.29. The Kier molecular flexibility index (Phi) is 10.3. The molecule has 12 heteroatoms. The molecule has 0 spiro atoms. The fourth-order valence-corrected chi connectivity index (χ4v) is 5.23. The summed E-state index contributed by atoms with van der Waals surface area (Å²) in [5.41, 5.74) is 0.737. The molecule has 0 heterocycles. The second-order valence-electron chi connectivity index (χ2n) is 7.55. The average molecular weight is 569 g/mol. The third kappa shape index (κ3) is 7.39. The van der Waals surface area contributed by atoms with E-state index in [1.807, 2.05) is 0 Å². The van der Waals surface area contributed by atoms with Crippen molar-refractivity contribution in [3.8, 4) is 0 Å². The summed E-state index contributed by atoms with van der Waals surface area (Å²) in [6.45, 7) is 1.59. The smallest absolute Gasteiger partial charge is 0.242 e. The first-order valence-electron chi connectivity index (χ1n) is 10.2. The van der Waals surface area contributed by atoms with E-state index >= 15 is 0 Å². The van der Waals surface area contributed by atoms with Gasteiger partial charge in [0, 0.05) is 47.2 Å². The summed E-state index contributed by atoms with van der Waals surface area (Å²) >= 11 is 24.7. The summed E-state index contributed by atoms with van der Waals surface area (Å²) in [7, 11) is -2.23. The normalized spacial score (nSPS) is 12.2. The van der Waals surface area contributed by atoms with Crippen molar-refractivity contribution in [2.45, 2.75) is 32.4 Å². The first kappa shape index (κ1) is 28.5. The van der Waals surface area contributed by atoms with Crippen molar-refractivity contribution in [3.05, 3.63) is 62.1 Å². The Morgan fingerprint density at radius 2 is 1.65 bits per heavy atom.